The lowest BCUT2D eigenvalue weighted by atomic mass is 9.88. The lowest BCUT2D eigenvalue weighted by Gasteiger charge is -2.20. The number of H-pyrrole nitrogens is 2. The van der Waals surface area contributed by atoms with Gasteiger partial charge in [0.15, 0.2) is 0 Å². The van der Waals surface area contributed by atoms with Crippen LogP contribution >= 0.6 is 11.3 Å². The Bertz CT molecular complexity index is 1760. The second-order valence-corrected chi connectivity index (χ2v) is 10.7. The highest BCUT2D eigenvalue weighted by atomic mass is 32.1. The molecule has 8 nitrogen and oxygen atoms in total. The number of rotatable bonds is 5. The normalized spacial score (nSPS) is 14.3. The number of anilines is 1. The average Bonchev–Trinajstić information content (AvgIpc) is 3.73. The van der Waals surface area contributed by atoms with Gasteiger partial charge in [-0.2, -0.15) is 5.10 Å². The third kappa shape index (κ3) is 4.14. The van der Waals surface area contributed by atoms with Crippen molar-refractivity contribution >= 4 is 45.0 Å². The summed E-state index contributed by atoms with van der Waals surface area (Å²) < 4.78 is 0. The third-order valence-corrected chi connectivity index (χ3v) is 8.16. The minimum atomic E-state index is 0.0820. The summed E-state index contributed by atoms with van der Waals surface area (Å²) in [6, 6.07) is 14.1. The van der Waals surface area contributed by atoms with Crippen molar-refractivity contribution in [1.29, 1.82) is 0 Å². The largest absolute Gasteiger partial charge is 0.338 e. The first kappa shape index (κ1) is 22.8. The van der Waals surface area contributed by atoms with Crippen LogP contribution in [0.2, 0.25) is 0 Å². The maximum Gasteiger partial charge on any atom is 0.227 e. The van der Waals surface area contributed by atoms with E-state index in [9.17, 15) is 4.79 Å². The summed E-state index contributed by atoms with van der Waals surface area (Å²) >= 11 is 1.70. The molecule has 6 heterocycles. The number of pyridine rings is 3. The summed E-state index contributed by atoms with van der Waals surface area (Å²) in [7, 11) is 0. The predicted octanol–water partition coefficient (Wildman–Crippen LogP) is 6.81. The molecule has 0 spiro atoms. The maximum atomic E-state index is 12.8. The number of aromatic amines is 2. The van der Waals surface area contributed by atoms with E-state index in [-0.39, 0.29) is 11.8 Å². The SMILES string of the molecule is O=C(Nc1cncc(-c2ccc3[nH]nc(-c4cc5c(-c6cccs6)ccnc5[nH]4)c3n2)c1)C1CCCCC1. The molecule has 6 aromatic heterocycles. The fourth-order valence-corrected chi connectivity index (χ4v) is 6.07. The molecule has 3 N–H and O–H groups in total. The van der Waals surface area contributed by atoms with Gasteiger partial charge < -0.3 is 10.3 Å². The second kappa shape index (κ2) is 9.50. The molecule has 0 unspecified atom stereocenters. The van der Waals surface area contributed by atoms with E-state index < -0.39 is 0 Å². The van der Waals surface area contributed by atoms with E-state index in [1.165, 1.54) is 11.3 Å². The highest BCUT2D eigenvalue weighted by Crippen LogP contribution is 2.35. The summed E-state index contributed by atoms with van der Waals surface area (Å²) in [4.78, 5) is 31.2. The Morgan fingerprint density at radius 1 is 1.05 bits per heavy atom. The standard InChI is InChI=1S/C29H25N7OS/c37-29(17-5-2-1-3-6-17)32-19-13-18(15-30-16-19)22-8-9-23-26(33-22)27(36-35-23)24-14-21-20(25-7-4-12-38-25)10-11-31-28(21)34-24/h4,7-17H,1-3,5-6H2,(H,31,34)(H,32,37)(H,35,36). The zero-order valence-corrected chi connectivity index (χ0v) is 21.4. The zero-order valence-electron chi connectivity index (χ0n) is 20.6. The lowest BCUT2D eigenvalue weighted by Crippen LogP contribution is -2.24. The first-order chi connectivity index (χ1) is 18.7. The Kier molecular flexibility index (Phi) is 5.70. The Labute approximate surface area is 222 Å². The van der Waals surface area contributed by atoms with Crippen LogP contribution in [0.25, 0.3) is 55.2 Å². The molecule has 0 aliphatic heterocycles. The summed E-state index contributed by atoms with van der Waals surface area (Å²) in [6.45, 7) is 0. The second-order valence-electron chi connectivity index (χ2n) is 9.73. The van der Waals surface area contributed by atoms with Gasteiger partial charge in [-0.1, -0.05) is 25.3 Å². The van der Waals surface area contributed by atoms with Crippen LogP contribution in [0.5, 0.6) is 0 Å². The Morgan fingerprint density at radius 3 is 2.84 bits per heavy atom. The predicted molar refractivity (Wildman–Crippen MR) is 151 cm³/mol. The summed E-state index contributed by atoms with van der Waals surface area (Å²) in [6.07, 6.45) is 10.7. The van der Waals surface area contributed by atoms with Gasteiger partial charge >= 0.3 is 0 Å². The minimum Gasteiger partial charge on any atom is -0.338 e. The molecular weight excluding hydrogens is 494 g/mol. The van der Waals surface area contributed by atoms with E-state index in [0.29, 0.717) is 5.69 Å². The van der Waals surface area contributed by atoms with E-state index in [1.807, 2.05) is 30.5 Å². The van der Waals surface area contributed by atoms with Crippen LogP contribution < -0.4 is 5.32 Å². The topological polar surface area (TPSA) is 112 Å². The van der Waals surface area contributed by atoms with E-state index in [2.05, 4.69) is 54.0 Å². The smallest absolute Gasteiger partial charge is 0.227 e. The van der Waals surface area contributed by atoms with E-state index in [0.717, 1.165) is 76.0 Å². The van der Waals surface area contributed by atoms with Crippen molar-refractivity contribution in [2.45, 2.75) is 32.1 Å². The molecule has 1 fully saturated rings. The van der Waals surface area contributed by atoms with Crippen LogP contribution in [-0.2, 0) is 4.79 Å². The first-order valence-electron chi connectivity index (χ1n) is 12.9. The van der Waals surface area contributed by atoms with Gasteiger partial charge in [0.1, 0.15) is 16.9 Å². The number of aromatic nitrogens is 6. The molecule has 0 atom stereocenters. The fraction of sp³-hybridized carbons (Fsp3) is 0.207. The third-order valence-electron chi connectivity index (χ3n) is 7.26. The molecule has 0 aromatic carbocycles. The van der Waals surface area contributed by atoms with Crippen molar-refractivity contribution in [1.82, 2.24) is 30.1 Å². The van der Waals surface area contributed by atoms with Crippen molar-refractivity contribution in [3.8, 4) is 33.1 Å². The monoisotopic (exact) mass is 519 g/mol. The number of carbonyl (C=O) groups excluding carboxylic acids is 1. The number of nitrogens with one attached hydrogen (secondary N) is 3. The maximum absolute atomic E-state index is 12.8. The van der Waals surface area contributed by atoms with Gasteiger partial charge in [0.05, 0.1) is 28.8 Å². The molecule has 0 bridgehead atoms. The summed E-state index contributed by atoms with van der Waals surface area (Å²) in [5, 5.41) is 13.9. The number of nitrogens with zero attached hydrogens (tertiary/aromatic N) is 4. The van der Waals surface area contributed by atoms with Crippen molar-refractivity contribution in [3.63, 3.8) is 0 Å². The number of carbonyl (C=O) groups is 1. The lowest BCUT2D eigenvalue weighted by molar-refractivity contribution is -0.120. The van der Waals surface area contributed by atoms with E-state index >= 15 is 0 Å². The summed E-state index contributed by atoms with van der Waals surface area (Å²) in [5.74, 6) is 0.167. The Morgan fingerprint density at radius 2 is 1.97 bits per heavy atom. The molecule has 7 rings (SSSR count). The van der Waals surface area contributed by atoms with Gasteiger partial charge in [-0.25, -0.2) is 9.97 Å². The van der Waals surface area contributed by atoms with Crippen molar-refractivity contribution in [2.75, 3.05) is 5.32 Å². The number of hydrogen-bond acceptors (Lipinski definition) is 6. The van der Waals surface area contributed by atoms with Crippen molar-refractivity contribution in [3.05, 3.63) is 66.4 Å². The number of fused-ring (bicyclic) bond motifs is 2. The van der Waals surface area contributed by atoms with Crippen LogP contribution in [0.4, 0.5) is 5.69 Å². The quantitative estimate of drug-likeness (QED) is 0.232. The molecular formula is C29H25N7OS. The van der Waals surface area contributed by atoms with Crippen LogP contribution in [-0.4, -0.2) is 36.0 Å². The van der Waals surface area contributed by atoms with E-state index in [1.54, 1.807) is 23.7 Å². The van der Waals surface area contributed by atoms with Gasteiger partial charge in [0.25, 0.3) is 0 Å². The van der Waals surface area contributed by atoms with Gasteiger partial charge in [0.2, 0.25) is 5.91 Å². The molecule has 9 heteroatoms. The van der Waals surface area contributed by atoms with Crippen LogP contribution in [0.1, 0.15) is 32.1 Å². The minimum absolute atomic E-state index is 0.0820. The van der Waals surface area contributed by atoms with Gasteiger partial charge in [-0.15, -0.1) is 11.3 Å². The highest BCUT2D eigenvalue weighted by molar-refractivity contribution is 7.13. The first-order valence-corrected chi connectivity index (χ1v) is 13.7. The zero-order chi connectivity index (χ0) is 25.5. The number of thiophene rings is 1. The number of amides is 1. The fourth-order valence-electron chi connectivity index (χ4n) is 5.31. The molecule has 1 aliphatic carbocycles. The van der Waals surface area contributed by atoms with Crippen LogP contribution in [0.15, 0.2) is 66.4 Å². The van der Waals surface area contributed by atoms with Crippen molar-refractivity contribution < 1.29 is 4.79 Å². The Hall–Kier alpha value is -4.37. The molecule has 1 saturated carbocycles. The Balaban J connectivity index is 1.23. The highest BCUT2D eigenvalue weighted by Gasteiger charge is 2.21. The molecule has 1 aliphatic rings. The van der Waals surface area contributed by atoms with Crippen LogP contribution in [0, 0.1) is 5.92 Å². The molecule has 188 valence electrons. The van der Waals surface area contributed by atoms with Gasteiger partial charge in [0, 0.05) is 39.7 Å². The van der Waals surface area contributed by atoms with Gasteiger partial charge in [-0.3, -0.25) is 14.9 Å². The van der Waals surface area contributed by atoms with E-state index in [4.69, 9.17) is 4.98 Å². The van der Waals surface area contributed by atoms with Gasteiger partial charge in [-0.05, 0) is 54.6 Å². The molecule has 0 saturated heterocycles. The molecule has 1 amide bonds. The molecule has 38 heavy (non-hydrogen) atoms. The van der Waals surface area contributed by atoms with Crippen molar-refractivity contribution in [2.24, 2.45) is 5.92 Å². The molecule has 0 radical (unpaired) electrons. The summed E-state index contributed by atoms with van der Waals surface area (Å²) in [5.41, 5.74) is 7.39. The average molecular weight is 520 g/mol. The van der Waals surface area contributed by atoms with Crippen LogP contribution in [0.3, 0.4) is 0 Å². The molecule has 6 aromatic rings. The number of hydrogen-bond donors (Lipinski definition) is 3.